The van der Waals surface area contributed by atoms with Crippen molar-refractivity contribution >= 4 is 17.7 Å². The van der Waals surface area contributed by atoms with Gasteiger partial charge in [0, 0.05) is 11.6 Å². The van der Waals surface area contributed by atoms with E-state index < -0.39 is 17.7 Å². The van der Waals surface area contributed by atoms with Crippen molar-refractivity contribution in [3.63, 3.8) is 0 Å². The lowest BCUT2D eigenvalue weighted by molar-refractivity contribution is -0.141. The Morgan fingerprint density at radius 3 is 2.46 bits per heavy atom. The third-order valence-electron chi connectivity index (χ3n) is 3.49. The van der Waals surface area contributed by atoms with Gasteiger partial charge in [-0.15, -0.1) is 0 Å². The predicted octanol–water partition coefficient (Wildman–Crippen LogP) is 4.31. The van der Waals surface area contributed by atoms with Gasteiger partial charge in [0.15, 0.2) is 5.16 Å². The van der Waals surface area contributed by atoms with E-state index in [0.717, 1.165) is 36.4 Å². The molecule has 0 bridgehead atoms. The quantitative estimate of drug-likeness (QED) is 0.456. The molecule has 0 unspecified atom stereocenters. The number of aromatic nitrogens is 2. The standard InChI is InChI=1S/C17H17F4N3OS/c1-3-10(2)22-15(25)9-26-16-23-13(8-14(24-16)17(19,20)21)11-4-6-12(18)7-5-11/h4-8,10H,3,9H2,1-2H3,(H,22,25)/t10-/m1/s1. The SMILES string of the molecule is CC[C@@H](C)NC(=O)CSc1nc(-c2ccc(F)cc2)cc(C(F)(F)F)n1. The molecule has 2 aromatic rings. The van der Waals surface area contributed by atoms with E-state index in [1.54, 1.807) is 0 Å². The first-order valence-corrected chi connectivity index (χ1v) is 8.82. The number of carbonyl (C=O) groups is 1. The Kier molecular flexibility index (Phi) is 6.57. The smallest absolute Gasteiger partial charge is 0.353 e. The summed E-state index contributed by atoms with van der Waals surface area (Å²) in [6, 6.07) is 5.72. The van der Waals surface area contributed by atoms with E-state index >= 15 is 0 Å². The second-order valence-corrected chi connectivity index (χ2v) is 6.53. The highest BCUT2D eigenvalue weighted by Crippen LogP contribution is 2.32. The molecule has 1 N–H and O–H groups in total. The lowest BCUT2D eigenvalue weighted by Gasteiger charge is -2.12. The van der Waals surface area contributed by atoms with Gasteiger partial charge in [0.25, 0.3) is 0 Å². The van der Waals surface area contributed by atoms with E-state index in [1.807, 2.05) is 13.8 Å². The fourth-order valence-electron chi connectivity index (χ4n) is 1.95. The zero-order valence-electron chi connectivity index (χ0n) is 14.1. The van der Waals surface area contributed by atoms with Gasteiger partial charge >= 0.3 is 6.18 Å². The molecule has 1 heterocycles. The molecule has 1 aromatic carbocycles. The first-order valence-electron chi connectivity index (χ1n) is 7.83. The molecule has 2 rings (SSSR count). The average molecular weight is 387 g/mol. The predicted molar refractivity (Wildman–Crippen MR) is 91.0 cm³/mol. The van der Waals surface area contributed by atoms with Gasteiger partial charge in [0.1, 0.15) is 11.5 Å². The maximum absolute atomic E-state index is 13.1. The molecule has 9 heteroatoms. The summed E-state index contributed by atoms with van der Waals surface area (Å²) in [6.07, 6.45) is -3.92. The van der Waals surface area contributed by atoms with Crippen molar-refractivity contribution in [1.82, 2.24) is 15.3 Å². The molecule has 1 aromatic heterocycles. The highest BCUT2D eigenvalue weighted by molar-refractivity contribution is 7.99. The third kappa shape index (κ3) is 5.69. The van der Waals surface area contributed by atoms with Crippen LogP contribution in [0.2, 0.25) is 0 Å². The molecule has 0 aliphatic rings. The number of thioether (sulfide) groups is 1. The zero-order valence-corrected chi connectivity index (χ0v) is 14.9. The highest BCUT2D eigenvalue weighted by Gasteiger charge is 2.34. The van der Waals surface area contributed by atoms with Gasteiger partial charge in [-0.1, -0.05) is 18.7 Å². The number of nitrogens with zero attached hydrogens (tertiary/aromatic N) is 2. The van der Waals surface area contributed by atoms with Gasteiger partial charge in [-0.2, -0.15) is 13.2 Å². The molecule has 0 fully saturated rings. The Morgan fingerprint density at radius 1 is 1.23 bits per heavy atom. The van der Waals surface area contributed by atoms with Crippen LogP contribution in [0.5, 0.6) is 0 Å². The van der Waals surface area contributed by atoms with Crippen LogP contribution in [0.15, 0.2) is 35.5 Å². The van der Waals surface area contributed by atoms with Crippen molar-refractivity contribution in [3.8, 4) is 11.3 Å². The van der Waals surface area contributed by atoms with E-state index in [-0.39, 0.29) is 28.6 Å². The maximum atomic E-state index is 13.1. The van der Waals surface area contributed by atoms with Crippen molar-refractivity contribution in [1.29, 1.82) is 0 Å². The van der Waals surface area contributed by atoms with Crippen LogP contribution >= 0.6 is 11.8 Å². The first-order chi connectivity index (χ1) is 12.2. The number of halogens is 4. The molecule has 0 aliphatic carbocycles. The Hall–Kier alpha value is -2.16. The Labute approximate surface area is 152 Å². The second kappa shape index (κ2) is 8.48. The van der Waals surface area contributed by atoms with E-state index in [0.29, 0.717) is 5.56 Å². The molecule has 4 nitrogen and oxygen atoms in total. The maximum Gasteiger partial charge on any atom is 0.433 e. The van der Waals surface area contributed by atoms with Gasteiger partial charge in [0.05, 0.1) is 11.4 Å². The minimum atomic E-state index is -4.66. The number of benzene rings is 1. The molecule has 26 heavy (non-hydrogen) atoms. The lowest BCUT2D eigenvalue weighted by atomic mass is 10.1. The fraction of sp³-hybridized carbons (Fsp3) is 0.353. The van der Waals surface area contributed by atoms with Gasteiger partial charge in [-0.05, 0) is 43.7 Å². The largest absolute Gasteiger partial charge is 0.433 e. The summed E-state index contributed by atoms with van der Waals surface area (Å²) in [5, 5.41) is 2.55. The van der Waals surface area contributed by atoms with Gasteiger partial charge in [0.2, 0.25) is 5.91 Å². The van der Waals surface area contributed by atoms with Crippen molar-refractivity contribution in [3.05, 3.63) is 41.8 Å². The van der Waals surface area contributed by atoms with E-state index in [4.69, 9.17) is 0 Å². The summed E-state index contributed by atoms with van der Waals surface area (Å²) < 4.78 is 52.3. The van der Waals surface area contributed by atoms with Crippen LogP contribution in [0.3, 0.4) is 0 Å². The normalized spacial score (nSPS) is 12.7. The molecular weight excluding hydrogens is 370 g/mol. The van der Waals surface area contributed by atoms with Crippen molar-refractivity contribution in [2.75, 3.05) is 5.75 Å². The summed E-state index contributed by atoms with van der Waals surface area (Å²) in [5.41, 5.74) is -0.779. The molecular formula is C17H17F4N3OS. The minimum Gasteiger partial charge on any atom is -0.353 e. The number of rotatable bonds is 6. The van der Waals surface area contributed by atoms with Crippen molar-refractivity contribution in [2.24, 2.45) is 0 Å². The summed E-state index contributed by atoms with van der Waals surface area (Å²) in [4.78, 5) is 19.4. The number of carbonyl (C=O) groups excluding carboxylic acids is 1. The van der Waals surface area contributed by atoms with Gasteiger partial charge in [-0.25, -0.2) is 14.4 Å². The van der Waals surface area contributed by atoms with Crippen LogP contribution < -0.4 is 5.32 Å². The zero-order chi connectivity index (χ0) is 19.3. The second-order valence-electron chi connectivity index (χ2n) is 5.59. The van der Waals surface area contributed by atoms with E-state index in [1.165, 1.54) is 12.1 Å². The highest BCUT2D eigenvalue weighted by atomic mass is 32.2. The number of hydrogen-bond acceptors (Lipinski definition) is 4. The third-order valence-corrected chi connectivity index (χ3v) is 4.34. The van der Waals surface area contributed by atoms with E-state index in [2.05, 4.69) is 15.3 Å². The van der Waals surface area contributed by atoms with Crippen LogP contribution in [0, 0.1) is 5.82 Å². The van der Waals surface area contributed by atoms with Crippen LogP contribution in [0.4, 0.5) is 17.6 Å². The summed E-state index contributed by atoms with van der Waals surface area (Å²) in [7, 11) is 0. The molecule has 0 spiro atoms. The summed E-state index contributed by atoms with van der Waals surface area (Å²) >= 11 is 0.815. The van der Waals surface area contributed by atoms with Gasteiger partial charge in [-0.3, -0.25) is 4.79 Å². The Bertz CT molecular complexity index is 766. The topological polar surface area (TPSA) is 54.9 Å². The minimum absolute atomic E-state index is 0.0113. The molecule has 140 valence electrons. The van der Waals surface area contributed by atoms with Crippen molar-refractivity contribution in [2.45, 2.75) is 37.6 Å². The number of alkyl halides is 3. The molecule has 0 saturated heterocycles. The molecule has 0 aliphatic heterocycles. The van der Waals surface area contributed by atoms with Crippen LogP contribution in [0.1, 0.15) is 26.0 Å². The van der Waals surface area contributed by atoms with Crippen LogP contribution in [-0.2, 0) is 11.0 Å². The Morgan fingerprint density at radius 2 is 1.88 bits per heavy atom. The first kappa shape index (κ1) is 20.2. The molecule has 1 atom stereocenters. The van der Waals surface area contributed by atoms with Crippen LogP contribution in [-0.4, -0.2) is 27.7 Å². The monoisotopic (exact) mass is 387 g/mol. The number of hydrogen-bond donors (Lipinski definition) is 1. The molecule has 0 radical (unpaired) electrons. The summed E-state index contributed by atoms with van der Waals surface area (Å²) in [6.45, 7) is 3.74. The van der Waals surface area contributed by atoms with E-state index in [9.17, 15) is 22.4 Å². The fourth-order valence-corrected chi connectivity index (χ4v) is 2.62. The summed E-state index contributed by atoms with van der Waals surface area (Å²) in [5.74, 6) is -0.919. The average Bonchev–Trinajstić information content (AvgIpc) is 2.59. The number of amides is 1. The lowest BCUT2D eigenvalue weighted by Crippen LogP contribution is -2.33. The van der Waals surface area contributed by atoms with Gasteiger partial charge < -0.3 is 5.32 Å². The Balaban J connectivity index is 2.26. The van der Waals surface area contributed by atoms with Crippen LogP contribution in [0.25, 0.3) is 11.3 Å². The number of nitrogens with one attached hydrogen (secondary N) is 1. The molecule has 1 amide bonds. The molecule has 0 saturated carbocycles. The van der Waals surface area contributed by atoms with Crippen molar-refractivity contribution < 1.29 is 22.4 Å².